The van der Waals surface area contributed by atoms with Crippen molar-refractivity contribution in [3.8, 4) is 0 Å². The van der Waals surface area contributed by atoms with Crippen molar-refractivity contribution in [2.75, 3.05) is 54.1 Å². The summed E-state index contributed by atoms with van der Waals surface area (Å²) in [5, 5.41) is 0. The predicted molar refractivity (Wildman–Crippen MR) is 145 cm³/mol. The number of hydrogen-bond donors (Lipinski definition) is 1. The van der Waals surface area contributed by atoms with Gasteiger partial charge in [0.15, 0.2) is 0 Å². The molecule has 35 heavy (non-hydrogen) atoms. The number of likely N-dealkylation sites (N-methyl/N-ethyl adjacent to an activating group) is 1. The van der Waals surface area contributed by atoms with Crippen LogP contribution in [-0.2, 0) is 23.3 Å². The van der Waals surface area contributed by atoms with Crippen molar-refractivity contribution in [2.45, 2.75) is 116 Å². The Kier molecular flexibility index (Phi) is 25.1. The van der Waals surface area contributed by atoms with Crippen LogP contribution in [0.15, 0.2) is 0 Å². The molecule has 0 aromatic rings. The molecular formula is C27H57NO6P+. The van der Waals surface area contributed by atoms with Gasteiger partial charge in [-0.3, -0.25) is 4.79 Å². The van der Waals surface area contributed by atoms with Crippen LogP contribution < -0.4 is 0 Å². The summed E-state index contributed by atoms with van der Waals surface area (Å²) in [5.74, 6) is 0. The molecule has 1 N–H and O–H groups in total. The molecule has 0 heterocycles. The molecule has 0 spiro atoms. The van der Waals surface area contributed by atoms with Crippen LogP contribution in [-0.4, -0.2) is 76.1 Å². The lowest BCUT2D eigenvalue weighted by Crippen LogP contribution is -2.37. The normalized spacial score (nSPS) is 13.6. The van der Waals surface area contributed by atoms with Gasteiger partial charge in [-0.25, -0.2) is 0 Å². The lowest BCUT2D eigenvalue weighted by atomic mass is 10.0. The SMILES string of the molecule is CCCCCCCCCCCCCCCCCCOCC(COP(O)OCC[N+](C)(C)C)OC=O. The Morgan fingerprint density at radius 1 is 0.714 bits per heavy atom. The quantitative estimate of drug-likeness (QED) is 0.0529. The van der Waals surface area contributed by atoms with Gasteiger partial charge in [-0.15, -0.1) is 0 Å². The number of quaternary nitrogens is 1. The molecule has 2 atom stereocenters. The van der Waals surface area contributed by atoms with Crippen LogP contribution in [0, 0.1) is 0 Å². The second-order valence-corrected chi connectivity index (χ2v) is 11.6. The number of unbranched alkanes of at least 4 members (excludes halogenated alkanes) is 15. The second-order valence-electron chi connectivity index (χ2n) is 10.6. The summed E-state index contributed by atoms with van der Waals surface area (Å²) in [5.41, 5.74) is 0. The maximum atomic E-state index is 10.7. The van der Waals surface area contributed by atoms with Gasteiger partial charge in [0.25, 0.3) is 6.47 Å². The van der Waals surface area contributed by atoms with E-state index in [1.807, 2.05) is 0 Å². The first-order valence-electron chi connectivity index (χ1n) is 14.1. The topological polar surface area (TPSA) is 74.2 Å². The van der Waals surface area contributed by atoms with Crippen LogP contribution in [0.25, 0.3) is 0 Å². The van der Waals surface area contributed by atoms with Crippen molar-refractivity contribution in [3.63, 3.8) is 0 Å². The molecule has 0 rings (SSSR count). The summed E-state index contributed by atoms with van der Waals surface area (Å²) >= 11 is 0. The fourth-order valence-electron chi connectivity index (χ4n) is 3.75. The summed E-state index contributed by atoms with van der Waals surface area (Å²) < 4.78 is 22.0. The maximum Gasteiger partial charge on any atom is 0.330 e. The van der Waals surface area contributed by atoms with Crippen LogP contribution in [0.1, 0.15) is 110 Å². The van der Waals surface area contributed by atoms with Crippen LogP contribution in [0.2, 0.25) is 0 Å². The van der Waals surface area contributed by atoms with E-state index < -0.39 is 14.7 Å². The monoisotopic (exact) mass is 522 g/mol. The average molecular weight is 523 g/mol. The zero-order chi connectivity index (χ0) is 26.0. The van der Waals surface area contributed by atoms with E-state index in [0.29, 0.717) is 19.7 Å². The lowest BCUT2D eigenvalue weighted by molar-refractivity contribution is -0.870. The van der Waals surface area contributed by atoms with E-state index in [1.165, 1.54) is 89.9 Å². The van der Waals surface area contributed by atoms with Crippen LogP contribution in [0.5, 0.6) is 0 Å². The fraction of sp³-hybridized carbons (Fsp3) is 0.963. The molecule has 8 heteroatoms. The highest BCUT2D eigenvalue weighted by atomic mass is 31.2. The van der Waals surface area contributed by atoms with Gasteiger partial charge in [0.2, 0.25) is 0 Å². The van der Waals surface area contributed by atoms with Crippen molar-refractivity contribution < 1.29 is 32.7 Å². The van der Waals surface area contributed by atoms with Crippen molar-refractivity contribution in [1.29, 1.82) is 0 Å². The van der Waals surface area contributed by atoms with E-state index in [1.54, 1.807) is 0 Å². The van der Waals surface area contributed by atoms with Gasteiger partial charge in [-0.2, -0.15) is 0 Å². The first-order valence-corrected chi connectivity index (χ1v) is 15.2. The summed E-state index contributed by atoms with van der Waals surface area (Å²) in [6, 6.07) is 0. The van der Waals surface area contributed by atoms with Crippen LogP contribution >= 0.6 is 8.60 Å². The third kappa shape index (κ3) is 28.1. The van der Waals surface area contributed by atoms with Gasteiger partial charge in [0.1, 0.15) is 19.3 Å². The first-order chi connectivity index (χ1) is 16.9. The van der Waals surface area contributed by atoms with Crippen molar-refractivity contribution in [2.24, 2.45) is 0 Å². The molecule has 210 valence electrons. The highest BCUT2D eigenvalue weighted by molar-refractivity contribution is 7.40. The van der Waals surface area contributed by atoms with Gasteiger partial charge in [-0.1, -0.05) is 103 Å². The zero-order valence-corrected chi connectivity index (χ0v) is 24.3. The Bertz CT molecular complexity index is 450. The standard InChI is InChI=1S/C27H57NO6P/c1-5-6-7-8-9-10-11-12-13-14-15-16-17-18-19-20-22-31-24-27(32-26-29)25-34-35(30)33-23-21-28(2,3)4/h26-27,30H,5-25H2,1-4H3/q+1. The van der Waals surface area contributed by atoms with Crippen molar-refractivity contribution in [3.05, 3.63) is 0 Å². The van der Waals surface area contributed by atoms with Gasteiger partial charge in [0.05, 0.1) is 34.4 Å². The number of rotatable bonds is 28. The summed E-state index contributed by atoms with van der Waals surface area (Å²) in [6.07, 6.45) is 21.0. The maximum absolute atomic E-state index is 10.7. The third-order valence-electron chi connectivity index (χ3n) is 6.03. The van der Waals surface area contributed by atoms with E-state index in [9.17, 15) is 9.69 Å². The van der Waals surface area contributed by atoms with E-state index in [2.05, 4.69) is 28.1 Å². The molecule has 0 saturated heterocycles. The van der Waals surface area contributed by atoms with Crippen LogP contribution in [0.3, 0.4) is 0 Å². The van der Waals surface area contributed by atoms with Crippen molar-refractivity contribution in [1.82, 2.24) is 0 Å². The fourth-order valence-corrected chi connectivity index (χ4v) is 4.36. The Hall–Kier alpha value is -0.300. The Balaban J connectivity index is 3.48. The first kappa shape index (κ1) is 34.7. The highest BCUT2D eigenvalue weighted by Crippen LogP contribution is 2.32. The smallest absolute Gasteiger partial charge is 0.330 e. The van der Waals surface area contributed by atoms with E-state index in [0.717, 1.165) is 23.9 Å². The van der Waals surface area contributed by atoms with Gasteiger partial charge < -0.3 is 27.9 Å². The molecule has 0 aliphatic carbocycles. The number of carbonyl (C=O) groups is 1. The Labute approximate surface area is 217 Å². The molecule has 0 aliphatic rings. The summed E-state index contributed by atoms with van der Waals surface area (Å²) in [7, 11) is 4.17. The third-order valence-corrected chi connectivity index (χ3v) is 6.80. The number of carbonyl (C=O) groups excluding carboxylic acids is 1. The molecule has 0 fully saturated rings. The average Bonchev–Trinajstić information content (AvgIpc) is 2.80. The molecular weight excluding hydrogens is 465 g/mol. The van der Waals surface area contributed by atoms with E-state index in [-0.39, 0.29) is 13.2 Å². The number of ether oxygens (including phenoxy) is 2. The molecule has 7 nitrogen and oxygen atoms in total. The number of nitrogens with zero attached hydrogens (tertiary/aromatic N) is 1. The number of hydrogen-bond acceptors (Lipinski definition) is 6. The largest absolute Gasteiger partial charge is 0.460 e. The lowest BCUT2D eigenvalue weighted by Gasteiger charge is -2.24. The minimum Gasteiger partial charge on any atom is -0.460 e. The highest BCUT2D eigenvalue weighted by Gasteiger charge is 2.16. The molecule has 0 radical (unpaired) electrons. The molecule has 0 bridgehead atoms. The molecule has 0 aromatic heterocycles. The van der Waals surface area contributed by atoms with Crippen LogP contribution in [0.4, 0.5) is 0 Å². The Morgan fingerprint density at radius 2 is 1.20 bits per heavy atom. The van der Waals surface area contributed by atoms with Gasteiger partial charge in [-0.05, 0) is 6.42 Å². The molecule has 0 amide bonds. The zero-order valence-electron chi connectivity index (χ0n) is 23.4. The molecule has 0 saturated carbocycles. The van der Waals surface area contributed by atoms with Crippen molar-refractivity contribution >= 4 is 15.1 Å². The van der Waals surface area contributed by atoms with Gasteiger partial charge >= 0.3 is 8.60 Å². The minimum absolute atomic E-state index is 0.0598. The predicted octanol–water partition coefficient (Wildman–Crippen LogP) is 6.76. The molecule has 2 unspecified atom stereocenters. The van der Waals surface area contributed by atoms with E-state index >= 15 is 0 Å². The van der Waals surface area contributed by atoms with Gasteiger partial charge in [0, 0.05) is 6.61 Å². The Morgan fingerprint density at radius 3 is 1.66 bits per heavy atom. The molecule has 0 aliphatic heterocycles. The second kappa shape index (κ2) is 25.4. The summed E-state index contributed by atoms with van der Waals surface area (Å²) in [6.45, 7) is 4.80. The molecule has 0 aromatic carbocycles. The summed E-state index contributed by atoms with van der Waals surface area (Å²) in [4.78, 5) is 20.5. The minimum atomic E-state index is -1.98. The van der Waals surface area contributed by atoms with E-state index in [4.69, 9.17) is 18.5 Å².